The Bertz CT molecular complexity index is 335. The minimum atomic E-state index is 0.480. The van der Waals surface area contributed by atoms with E-state index in [1.165, 1.54) is 5.56 Å². The average Bonchev–Trinajstić information content (AvgIpc) is 2.27. The second kappa shape index (κ2) is 6.10. The van der Waals surface area contributed by atoms with Gasteiger partial charge in [0.05, 0.1) is 6.54 Å². The van der Waals surface area contributed by atoms with Crippen LogP contribution in [0, 0.1) is 12.0 Å². The normalized spacial score (nSPS) is 11.9. The second-order valence-electron chi connectivity index (χ2n) is 3.77. The lowest BCUT2D eigenvalue weighted by Gasteiger charge is -2.22. The van der Waals surface area contributed by atoms with Crippen molar-refractivity contribution in [2.45, 2.75) is 19.4 Å². The van der Waals surface area contributed by atoms with Crippen molar-refractivity contribution in [2.75, 3.05) is 13.6 Å². The first-order valence-electron chi connectivity index (χ1n) is 5.16. The highest BCUT2D eigenvalue weighted by molar-refractivity contribution is 5.15. The Kier molecular flexibility index (Phi) is 4.73. The Morgan fingerprint density at radius 2 is 2.00 bits per heavy atom. The summed E-state index contributed by atoms with van der Waals surface area (Å²) in [5, 5.41) is 0. The van der Waals surface area contributed by atoms with Crippen LogP contribution in [0.25, 0.3) is 0 Å². The number of benzene rings is 1. The molecule has 1 aromatic rings. The Labute approximate surface area is 92.1 Å². The van der Waals surface area contributed by atoms with Crippen molar-refractivity contribution >= 4 is 0 Å². The molecule has 0 fully saturated rings. The number of rotatable bonds is 4. The Morgan fingerprint density at radius 1 is 1.33 bits per heavy atom. The molecule has 2 heteroatoms. The third-order valence-corrected chi connectivity index (χ3v) is 2.56. The summed E-state index contributed by atoms with van der Waals surface area (Å²) < 4.78 is 0. The molecule has 0 spiro atoms. The van der Waals surface area contributed by atoms with Crippen molar-refractivity contribution in [1.29, 1.82) is 0 Å². The van der Waals surface area contributed by atoms with Crippen LogP contribution in [0.4, 0.5) is 0 Å². The molecular weight excluding hydrogens is 184 g/mol. The number of likely N-dealkylation sites (N-methyl/N-ethyl adjacent to an activating group) is 1. The molecule has 1 aromatic carbocycles. The minimum absolute atomic E-state index is 0.480. The van der Waals surface area contributed by atoms with Crippen LogP contribution in [0.1, 0.15) is 12.5 Å². The van der Waals surface area contributed by atoms with E-state index >= 15 is 0 Å². The van der Waals surface area contributed by atoms with Gasteiger partial charge in [-0.05, 0) is 26.0 Å². The largest absolute Gasteiger partial charge is 0.359 e. The molecule has 0 bridgehead atoms. The summed E-state index contributed by atoms with van der Waals surface area (Å²) in [5.74, 6) is 2.87. The van der Waals surface area contributed by atoms with Crippen molar-refractivity contribution in [1.82, 2.24) is 4.90 Å². The smallest absolute Gasteiger partial charge is 0.0619 e. The fourth-order valence-electron chi connectivity index (χ4n) is 1.44. The average molecular weight is 202 g/mol. The van der Waals surface area contributed by atoms with Gasteiger partial charge >= 0.3 is 0 Å². The van der Waals surface area contributed by atoms with Crippen LogP contribution in [0.3, 0.4) is 0 Å². The number of nitrogens with two attached hydrogens (primary N) is 1. The fourth-order valence-corrected chi connectivity index (χ4v) is 1.44. The van der Waals surface area contributed by atoms with Gasteiger partial charge in [-0.15, -0.1) is 0 Å². The van der Waals surface area contributed by atoms with E-state index in [-0.39, 0.29) is 0 Å². The SMILES string of the molecule is CC(Cc1ccccc1)N(C)CC#CN. The van der Waals surface area contributed by atoms with E-state index in [0.29, 0.717) is 6.04 Å². The zero-order valence-corrected chi connectivity index (χ0v) is 9.40. The summed E-state index contributed by atoms with van der Waals surface area (Å²) in [6.45, 7) is 2.93. The highest BCUT2D eigenvalue weighted by Crippen LogP contribution is 2.06. The molecule has 0 amide bonds. The van der Waals surface area contributed by atoms with E-state index in [4.69, 9.17) is 5.73 Å². The maximum absolute atomic E-state index is 5.14. The Morgan fingerprint density at radius 3 is 2.60 bits per heavy atom. The lowest BCUT2D eigenvalue weighted by atomic mass is 10.1. The Balaban J connectivity index is 2.47. The predicted octanol–water partition coefficient (Wildman–Crippen LogP) is 1.47. The van der Waals surface area contributed by atoms with E-state index in [9.17, 15) is 0 Å². The second-order valence-corrected chi connectivity index (χ2v) is 3.77. The van der Waals surface area contributed by atoms with Crippen LogP contribution in [0.15, 0.2) is 30.3 Å². The third-order valence-electron chi connectivity index (χ3n) is 2.56. The first kappa shape index (κ1) is 11.6. The molecule has 0 aliphatic rings. The van der Waals surface area contributed by atoms with Crippen molar-refractivity contribution in [3.8, 4) is 12.0 Å². The molecule has 0 heterocycles. The lowest BCUT2D eigenvalue weighted by molar-refractivity contribution is 0.287. The van der Waals surface area contributed by atoms with Crippen LogP contribution in [0.2, 0.25) is 0 Å². The highest BCUT2D eigenvalue weighted by Gasteiger charge is 2.07. The van der Waals surface area contributed by atoms with Crippen molar-refractivity contribution in [3.63, 3.8) is 0 Å². The van der Waals surface area contributed by atoms with Gasteiger partial charge in [0.25, 0.3) is 0 Å². The summed E-state index contributed by atoms with van der Waals surface area (Å²) in [7, 11) is 2.07. The molecule has 0 aliphatic carbocycles. The molecule has 0 radical (unpaired) electrons. The van der Waals surface area contributed by atoms with E-state index in [1.54, 1.807) is 0 Å². The standard InChI is InChI=1S/C13H18N2/c1-12(15(2)10-6-9-14)11-13-7-4-3-5-8-13/h3-5,7-8,12H,10-11,14H2,1-2H3. The zero-order valence-electron chi connectivity index (χ0n) is 9.40. The van der Waals surface area contributed by atoms with Gasteiger partial charge in [0.1, 0.15) is 0 Å². The van der Waals surface area contributed by atoms with Gasteiger partial charge in [0.15, 0.2) is 0 Å². The van der Waals surface area contributed by atoms with Crippen LogP contribution in [-0.2, 0) is 6.42 Å². The summed E-state index contributed by atoms with van der Waals surface area (Å²) in [6.07, 6.45) is 1.05. The molecule has 15 heavy (non-hydrogen) atoms. The molecule has 2 N–H and O–H groups in total. The van der Waals surface area contributed by atoms with Crippen LogP contribution >= 0.6 is 0 Å². The topological polar surface area (TPSA) is 29.3 Å². The predicted molar refractivity (Wildman–Crippen MR) is 64.2 cm³/mol. The van der Waals surface area contributed by atoms with E-state index in [1.807, 2.05) is 6.07 Å². The molecular formula is C13H18N2. The third kappa shape index (κ3) is 4.05. The molecule has 0 aromatic heterocycles. The summed E-state index contributed by atoms with van der Waals surface area (Å²) in [5.41, 5.74) is 6.50. The molecule has 1 atom stereocenters. The van der Waals surface area contributed by atoms with Gasteiger partial charge in [-0.3, -0.25) is 4.90 Å². The van der Waals surface area contributed by atoms with Crippen molar-refractivity contribution < 1.29 is 0 Å². The zero-order chi connectivity index (χ0) is 11.1. The van der Waals surface area contributed by atoms with Crippen molar-refractivity contribution in [2.24, 2.45) is 5.73 Å². The van der Waals surface area contributed by atoms with Gasteiger partial charge < -0.3 is 5.73 Å². The molecule has 1 rings (SSSR count). The lowest BCUT2D eigenvalue weighted by Crippen LogP contribution is -2.31. The molecule has 0 saturated heterocycles. The number of hydrogen-bond donors (Lipinski definition) is 1. The maximum atomic E-state index is 5.14. The van der Waals surface area contributed by atoms with E-state index in [2.05, 4.69) is 55.1 Å². The van der Waals surface area contributed by atoms with Gasteiger partial charge in [0.2, 0.25) is 0 Å². The van der Waals surface area contributed by atoms with Crippen molar-refractivity contribution in [3.05, 3.63) is 35.9 Å². The minimum Gasteiger partial charge on any atom is -0.359 e. The number of nitrogens with zero attached hydrogens (tertiary/aromatic N) is 1. The summed E-state index contributed by atoms with van der Waals surface area (Å²) in [4.78, 5) is 2.20. The van der Waals surface area contributed by atoms with Gasteiger partial charge in [-0.25, -0.2) is 0 Å². The van der Waals surface area contributed by atoms with Crippen LogP contribution in [0.5, 0.6) is 0 Å². The monoisotopic (exact) mass is 202 g/mol. The summed E-state index contributed by atoms with van der Waals surface area (Å²) in [6, 6.07) is 13.4. The van der Waals surface area contributed by atoms with E-state index in [0.717, 1.165) is 13.0 Å². The van der Waals surface area contributed by atoms with Gasteiger partial charge in [-0.2, -0.15) is 0 Å². The first-order valence-corrected chi connectivity index (χ1v) is 5.16. The number of hydrogen-bond acceptors (Lipinski definition) is 2. The highest BCUT2D eigenvalue weighted by atomic mass is 15.1. The van der Waals surface area contributed by atoms with Gasteiger partial charge in [-0.1, -0.05) is 36.3 Å². The fraction of sp³-hybridized carbons (Fsp3) is 0.385. The molecule has 0 aliphatic heterocycles. The Hall–Kier alpha value is -1.46. The summed E-state index contributed by atoms with van der Waals surface area (Å²) >= 11 is 0. The first-order chi connectivity index (χ1) is 7.24. The van der Waals surface area contributed by atoms with Gasteiger partial charge in [0, 0.05) is 12.1 Å². The van der Waals surface area contributed by atoms with Crippen LogP contribution < -0.4 is 5.73 Å². The quantitative estimate of drug-likeness (QED) is 0.592. The maximum Gasteiger partial charge on any atom is 0.0619 e. The molecule has 1 unspecified atom stereocenters. The molecule has 80 valence electrons. The molecule has 2 nitrogen and oxygen atoms in total. The van der Waals surface area contributed by atoms with E-state index < -0.39 is 0 Å². The molecule has 0 saturated carbocycles. The van der Waals surface area contributed by atoms with Crippen LogP contribution in [-0.4, -0.2) is 24.5 Å².